The van der Waals surface area contributed by atoms with Gasteiger partial charge < -0.3 is 5.32 Å². The van der Waals surface area contributed by atoms with Gasteiger partial charge in [-0.25, -0.2) is 0 Å². The van der Waals surface area contributed by atoms with Crippen LogP contribution in [0.15, 0.2) is 24.3 Å². The second-order valence-corrected chi connectivity index (χ2v) is 10.5. The Morgan fingerprint density at radius 2 is 2.03 bits per heavy atom. The van der Waals surface area contributed by atoms with Gasteiger partial charge in [0.25, 0.3) is 0 Å². The van der Waals surface area contributed by atoms with Gasteiger partial charge in [0.15, 0.2) is 0 Å². The summed E-state index contributed by atoms with van der Waals surface area (Å²) in [5.41, 5.74) is 2.57. The molecule has 0 saturated carbocycles. The Balaban J connectivity index is 2.16. The largest absolute Gasteiger partial charge is 0.352 e. The van der Waals surface area contributed by atoms with Crippen LogP contribution in [0.2, 0.25) is 5.02 Å². The first-order valence-corrected chi connectivity index (χ1v) is 12.0. The van der Waals surface area contributed by atoms with Crippen molar-refractivity contribution in [3.8, 4) is 0 Å². The smallest absolute Gasteiger partial charge is 0.240 e. The van der Waals surface area contributed by atoms with Crippen LogP contribution >= 0.6 is 23.4 Å². The van der Waals surface area contributed by atoms with E-state index in [0.29, 0.717) is 10.8 Å². The fraction of sp³-hybridized carbons (Fsp3) is 0.522. The third-order valence-corrected chi connectivity index (χ3v) is 7.05. The molecule has 0 saturated heterocycles. The van der Waals surface area contributed by atoms with Gasteiger partial charge in [-0.05, 0) is 25.0 Å². The lowest BCUT2D eigenvalue weighted by atomic mass is 9.87. The van der Waals surface area contributed by atoms with Crippen molar-refractivity contribution in [1.82, 2.24) is 15.1 Å². The summed E-state index contributed by atoms with van der Waals surface area (Å²) >= 11 is 8.11. The van der Waals surface area contributed by atoms with Gasteiger partial charge >= 0.3 is 0 Å². The summed E-state index contributed by atoms with van der Waals surface area (Å²) in [5, 5.41) is 8.28. The van der Waals surface area contributed by atoms with Crippen LogP contribution < -0.4 is 10.2 Å². The van der Waals surface area contributed by atoms with Crippen LogP contribution in [0.5, 0.6) is 0 Å². The van der Waals surface area contributed by atoms with E-state index in [2.05, 4.69) is 26.1 Å². The maximum Gasteiger partial charge on any atom is 0.240 e. The molecule has 0 bridgehead atoms. The average molecular weight is 463 g/mol. The van der Waals surface area contributed by atoms with Gasteiger partial charge in [-0.1, -0.05) is 57.5 Å². The van der Waals surface area contributed by atoms with Crippen molar-refractivity contribution in [1.29, 1.82) is 0 Å². The van der Waals surface area contributed by atoms with Crippen LogP contribution in [-0.2, 0) is 22.1 Å². The monoisotopic (exact) mass is 462 g/mol. The molecule has 1 aliphatic heterocycles. The van der Waals surface area contributed by atoms with Crippen molar-refractivity contribution in [3.63, 3.8) is 0 Å². The maximum atomic E-state index is 13.2. The zero-order valence-electron chi connectivity index (χ0n) is 19.0. The van der Waals surface area contributed by atoms with Crippen molar-refractivity contribution in [2.75, 3.05) is 17.2 Å². The van der Waals surface area contributed by atoms with Crippen LogP contribution in [-0.4, -0.2) is 39.9 Å². The van der Waals surface area contributed by atoms with E-state index < -0.39 is 0 Å². The fourth-order valence-corrected chi connectivity index (χ4v) is 5.29. The number of thioether (sulfide) groups is 1. The van der Waals surface area contributed by atoms with Gasteiger partial charge in [0.1, 0.15) is 12.4 Å². The third kappa shape index (κ3) is 4.93. The summed E-state index contributed by atoms with van der Waals surface area (Å²) in [7, 11) is 1.83. The maximum absolute atomic E-state index is 13.2. The van der Waals surface area contributed by atoms with Crippen LogP contribution in [0.3, 0.4) is 0 Å². The van der Waals surface area contributed by atoms with Gasteiger partial charge in [-0.3, -0.25) is 19.2 Å². The predicted octanol–water partition coefficient (Wildman–Crippen LogP) is 4.45. The molecule has 0 fully saturated rings. The molecule has 8 heteroatoms. The average Bonchev–Trinajstić information content (AvgIpc) is 2.97. The normalized spacial score (nSPS) is 17.8. The first kappa shape index (κ1) is 23.7. The van der Waals surface area contributed by atoms with Gasteiger partial charge in [0.05, 0.1) is 16.7 Å². The van der Waals surface area contributed by atoms with E-state index in [1.807, 2.05) is 45.2 Å². The molecule has 2 heterocycles. The number of nitrogens with zero attached hydrogens (tertiary/aromatic N) is 3. The topological polar surface area (TPSA) is 67.2 Å². The van der Waals surface area contributed by atoms with E-state index in [-0.39, 0.29) is 40.8 Å². The molecule has 3 rings (SSSR count). The minimum absolute atomic E-state index is 0.0326. The Labute approximate surface area is 193 Å². The van der Waals surface area contributed by atoms with Crippen molar-refractivity contribution in [2.24, 2.45) is 7.05 Å². The van der Waals surface area contributed by atoms with E-state index in [0.717, 1.165) is 23.2 Å². The number of halogens is 1. The summed E-state index contributed by atoms with van der Waals surface area (Å²) in [6, 6.07) is 7.78. The van der Waals surface area contributed by atoms with Crippen LogP contribution in [0.1, 0.15) is 63.1 Å². The van der Waals surface area contributed by atoms with Crippen molar-refractivity contribution >= 4 is 41.0 Å². The number of anilines is 1. The molecule has 2 aromatic rings. The first-order chi connectivity index (χ1) is 14.5. The molecule has 1 aliphatic rings. The summed E-state index contributed by atoms with van der Waals surface area (Å²) < 4.78 is 1.74. The second-order valence-electron chi connectivity index (χ2n) is 9.03. The number of aryl methyl sites for hydroxylation is 1. The Bertz CT molecular complexity index is 982. The zero-order valence-corrected chi connectivity index (χ0v) is 20.6. The van der Waals surface area contributed by atoms with E-state index in [1.54, 1.807) is 9.58 Å². The Morgan fingerprint density at radius 1 is 1.35 bits per heavy atom. The number of rotatable bonds is 5. The van der Waals surface area contributed by atoms with Crippen molar-refractivity contribution in [3.05, 3.63) is 46.1 Å². The molecule has 0 aliphatic carbocycles. The highest BCUT2D eigenvalue weighted by molar-refractivity contribution is 8.00. The highest BCUT2D eigenvalue weighted by Gasteiger charge is 2.39. The lowest BCUT2D eigenvalue weighted by Gasteiger charge is -2.25. The standard InChI is InChI=1S/C23H31ClN4O2S/c1-7-14(2)25-17(29)12-28-18(30)13-31-20(15-10-8-9-11-16(15)24)19-21(23(3,4)5)26-27(6)22(19)28/h8-11,14,20H,7,12-13H2,1-6H3,(H,25,29). The molecule has 1 N–H and O–H groups in total. The van der Waals surface area contributed by atoms with Gasteiger partial charge in [-0.2, -0.15) is 5.10 Å². The van der Waals surface area contributed by atoms with E-state index >= 15 is 0 Å². The highest BCUT2D eigenvalue weighted by Crippen LogP contribution is 2.48. The quantitative estimate of drug-likeness (QED) is 0.712. The number of amides is 2. The molecule has 2 atom stereocenters. The van der Waals surface area contributed by atoms with E-state index in [4.69, 9.17) is 16.7 Å². The Kier molecular flexibility index (Phi) is 7.06. The molecule has 0 spiro atoms. The van der Waals surface area contributed by atoms with Crippen LogP contribution in [0.25, 0.3) is 0 Å². The lowest BCUT2D eigenvalue weighted by molar-refractivity contribution is -0.123. The number of benzene rings is 1. The number of hydrogen-bond acceptors (Lipinski definition) is 4. The first-order valence-electron chi connectivity index (χ1n) is 10.6. The fourth-order valence-electron chi connectivity index (χ4n) is 3.74. The van der Waals surface area contributed by atoms with E-state index in [9.17, 15) is 9.59 Å². The number of fused-ring (bicyclic) bond motifs is 1. The van der Waals surface area contributed by atoms with Crippen molar-refractivity contribution < 1.29 is 9.59 Å². The summed E-state index contributed by atoms with van der Waals surface area (Å²) in [6.07, 6.45) is 0.829. The van der Waals surface area contributed by atoms with Gasteiger partial charge in [-0.15, -0.1) is 11.8 Å². The molecule has 31 heavy (non-hydrogen) atoms. The second kappa shape index (κ2) is 9.25. The summed E-state index contributed by atoms with van der Waals surface area (Å²) in [6.45, 7) is 10.3. The molecule has 6 nitrogen and oxygen atoms in total. The van der Waals surface area contributed by atoms with Gasteiger partial charge in [0, 0.05) is 29.1 Å². The minimum Gasteiger partial charge on any atom is -0.352 e. The highest BCUT2D eigenvalue weighted by atomic mass is 35.5. The molecule has 2 unspecified atom stereocenters. The third-order valence-electron chi connectivity index (χ3n) is 5.46. The molecule has 2 amide bonds. The molecule has 168 valence electrons. The molecular formula is C23H31ClN4O2S. The van der Waals surface area contributed by atoms with Crippen LogP contribution in [0, 0.1) is 0 Å². The lowest BCUT2D eigenvalue weighted by Crippen LogP contribution is -2.44. The van der Waals surface area contributed by atoms with Gasteiger partial charge in [0.2, 0.25) is 11.8 Å². The minimum atomic E-state index is -0.247. The molecular weight excluding hydrogens is 432 g/mol. The van der Waals surface area contributed by atoms with Crippen molar-refractivity contribution in [2.45, 2.75) is 57.7 Å². The van der Waals surface area contributed by atoms with Crippen LogP contribution in [0.4, 0.5) is 5.82 Å². The number of carbonyl (C=O) groups is 2. The summed E-state index contributed by atoms with van der Waals surface area (Å²) in [5.74, 6) is 0.645. The Morgan fingerprint density at radius 3 is 2.65 bits per heavy atom. The summed E-state index contributed by atoms with van der Waals surface area (Å²) in [4.78, 5) is 27.5. The molecule has 0 radical (unpaired) electrons. The number of aromatic nitrogens is 2. The SMILES string of the molecule is CCC(C)NC(=O)CN1C(=O)CSC(c2ccccc2Cl)c2c(C(C)(C)C)nn(C)c21. The molecule has 1 aromatic carbocycles. The predicted molar refractivity (Wildman–Crippen MR) is 128 cm³/mol. The number of hydrogen-bond donors (Lipinski definition) is 1. The molecule has 1 aromatic heterocycles. The van der Waals surface area contributed by atoms with E-state index in [1.165, 1.54) is 11.8 Å². The Hall–Kier alpha value is -1.99. The number of nitrogens with one attached hydrogen (secondary N) is 1. The zero-order chi connectivity index (χ0) is 22.9. The number of carbonyl (C=O) groups excluding carboxylic acids is 2.